The molecular formula is C11H11N5O3S. The molecule has 8 nitrogen and oxygen atoms in total. The summed E-state index contributed by atoms with van der Waals surface area (Å²) in [7, 11) is 0. The van der Waals surface area contributed by atoms with Gasteiger partial charge in [-0.2, -0.15) is 5.10 Å². The summed E-state index contributed by atoms with van der Waals surface area (Å²) >= 11 is 1.13. The van der Waals surface area contributed by atoms with Crippen LogP contribution in [0.25, 0.3) is 0 Å². The molecule has 0 unspecified atom stereocenters. The summed E-state index contributed by atoms with van der Waals surface area (Å²) < 4.78 is 0. The van der Waals surface area contributed by atoms with Crippen LogP contribution in [0, 0.1) is 0 Å². The highest BCUT2D eigenvalue weighted by Crippen LogP contribution is 2.20. The summed E-state index contributed by atoms with van der Waals surface area (Å²) in [6.07, 6.45) is 1.29. The molecule has 5 N–H and O–H groups in total. The predicted octanol–water partition coefficient (Wildman–Crippen LogP) is 0.224. The lowest BCUT2D eigenvalue weighted by molar-refractivity contribution is -0.120. The van der Waals surface area contributed by atoms with Crippen molar-refractivity contribution >= 4 is 28.6 Å². The lowest BCUT2D eigenvalue weighted by atomic mass is 10.2. The Morgan fingerprint density at radius 3 is 2.90 bits per heavy atom. The SMILES string of the molecule is Nc1nnc(CC(=O)N/N=C/c2ccc(O)cc2O)s1. The van der Waals surface area contributed by atoms with Crippen LogP contribution >= 0.6 is 11.3 Å². The number of rotatable bonds is 4. The van der Waals surface area contributed by atoms with Crippen LogP contribution in [0.5, 0.6) is 11.5 Å². The topological polar surface area (TPSA) is 134 Å². The van der Waals surface area contributed by atoms with Crippen LogP contribution < -0.4 is 11.2 Å². The highest BCUT2D eigenvalue weighted by molar-refractivity contribution is 7.15. The van der Waals surface area contributed by atoms with Crippen molar-refractivity contribution < 1.29 is 15.0 Å². The number of hydrazone groups is 1. The van der Waals surface area contributed by atoms with E-state index in [4.69, 9.17) is 10.8 Å². The van der Waals surface area contributed by atoms with Crippen LogP contribution in [0.4, 0.5) is 5.13 Å². The Kier molecular flexibility index (Phi) is 4.11. The molecule has 9 heteroatoms. The zero-order valence-electron chi connectivity index (χ0n) is 10.1. The fourth-order valence-electron chi connectivity index (χ4n) is 1.33. The van der Waals surface area contributed by atoms with Gasteiger partial charge in [-0.25, -0.2) is 5.43 Å². The minimum absolute atomic E-state index is 0.0216. The highest BCUT2D eigenvalue weighted by atomic mass is 32.1. The number of aromatic nitrogens is 2. The van der Waals surface area contributed by atoms with E-state index in [9.17, 15) is 9.90 Å². The van der Waals surface area contributed by atoms with E-state index in [1.54, 1.807) is 0 Å². The average Bonchev–Trinajstić information content (AvgIpc) is 2.77. The van der Waals surface area contributed by atoms with E-state index in [0.717, 1.165) is 11.3 Å². The summed E-state index contributed by atoms with van der Waals surface area (Å²) in [6.45, 7) is 0. The number of nitrogens with two attached hydrogens (primary N) is 1. The molecule has 2 aromatic rings. The Morgan fingerprint density at radius 1 is 1.45 bits per heavy atom. The van der Waals surface area contributed by atoms with Gasteiger partial charge < -0.3 is 15.9 Å². The number of benzene rings is 1. The van der Waals surface area contributed by atoms with Crippen LogP contribution in [0.15, 0.2) is 23.3 Å². The molecular weight excluding hydrogens is 282 g/mol. The van der Waals surface area contributed by atoms with E-state index in [1.807, 2.05) is 0 Å². The average molecular weight is 293 g/mol. The van der Waals surface area contributed by atoms with Gasteiger partial charge in [-0.15, -0.1) is 10.2 Å². The van der Waals surface area contributed by atoms with Crippen molar-refractivity contribution in [3.8, 4) is 11.5 Å². The molecule has 104 valence electrons. The second kappa shape index (κ2) is 5.97. The van der Waals surface area contributed by atoms with Gasteiger partial charge in [0.25, 0.3) is 0 Å². The molecule has 0 aliphatic rings. The molecule has 1 amide bonds. The number of amides is 1. The molecule has 0 fully saturated rings. The number of nitrogens with zero attached hydrogens (tertiary/aromatic N) is 3. The van der Waals surface area contributed by atoms with Gasteiger partial charge in [0.05, 0.1) is 12.6 Å². The minimum Gasteiger partial charge on any atom is -0.508 e. The monoisotopic (exact) mass is 293 g/mol. The van der Waals surface area contributed by atoms with Crippen molar-refractivity contribution in [1.29, 1.82) is 0 Å². The maximum atomic E-state index is 11.5. The normalized spacial score (nSPS) is 10.8. The number of hydrogen-bond donors (Lipinski definition) is 4. The number of nitrogen functional groups attached to an aromatic ring is 1. The van der Waals surface area contributed by atoms with Gasteiger partial charge in [0.15, 0.2) is 0 Å². The van der Waals surface area contributed by atoms with Crippen molar-refractivity contribution in [3.05, 3.63) is 28.8 Å². The van der Waals surface area contributed by atoms with Crippen LogP contribution in [0.1, 0.15) is 10.6 Å². The second-order valence-electron chi connectivity index (χ2n) is 3.75. The summed E-state index contributed by atoms with van der Waals surface area (Å²) in [5, 5.41) is 30.4. The molecule has 0 saturated heterocycles. The minimum atomic E-state index is -0.379. The standard InChI is InChI=1S/C11H11N5O3S/c12-11-16-15-10(20-11)4-9(19)14-13-5-6-1-2-7(17)3-8(6)18/h1-3,5,17-18H,4H2,(H2,12,16)(H,14,19)/b13-5+. The number of aromatic hydroxyl groups is 2. The Morgan fingerprint density at radius 2 is 2.25 bits per heavy atom. The van der Waals surface area contributed by atoms with E-state index < -0.39 is 0 Å². The lowest BCUT2D eigenvalue weighted by Gasteiger charge is -1.99. The molecule has 1 aromatic carbocycles. The van der Waals surface area contributed by atoms with E-state index >= 15 is 0 Å². The maximum absolute atomic E-state index is 11.5. The Balaban J connectivity index is 1.91. The largest absolute Gasteiger partial charge is 0.508 e. The number of hydrogen-bond acceptors (Lipinski definition) is 8. The fourth-order valence-corrected chi connectivity index (χ4v) is 1.94. The summed E-state index contributed by atoms with van der Waals surface area (Å²) in [4.78, 5) is 11.5. The lowest BCUT2D eigenvalue weighted by Crippen LogP contribution is -2.19. The fraction of sp³-hybridized carbons (Fsp3) is 0.0909. The van der Waals surface area contributed by atoms with E-state index in [0.29, 0.717) is 15.7 Å². The van der Waals surface area contributed by atoms with Crippen molar-refractivity contribution in [3.63, 3.8) is 0 Å². The van der Waals surface area contributed by atoms with E-state index in [1.165, 1.54) is 24.4 Å². The van der Waals surface area contributed by atoms with E-state index in [2.05, 4.69) is 20.7 Å². The Labute approximate surface area is 117 Å². The molecule has 0 aliphatic heterocycles. The third-order valence-corrected chi connectivity index (χ3v) is 2.95. The van der Waals surface area contributed by atoms with Gasteiger partial charge in [0, 0.05) is 11.6 Å². The molecule has 0 bridgehead atoms. The molecule has 2 rings (SSSR count). The molecule has 1 aromatic heterocycles. The first-order valence-electron chi connectivity index (χ1n) is 5.46. The third-order valence-electron chi connectivity index (χ3n) is 2.20. The van der Waals surface area contributed by atoms with Gasteiger partial charge in [-0.3, -0.25) is 4.79 Å². The Bertz CT molecular complexity index is 655. The predicted molar refractivity (Wildman–Crippen MR) is 73.5 cm³/mol. The van der Waals surface area contributed by atoms with Gasteiger partial charge >= 0.3 is 0 Å². The highest BCUT2D eigenvalue weighted by Gasteiger charge is 2.07. The van der Waals surface area contributed by atoms with Crippen molar-refractivity contribution in [2.75, 3.05) is 5.73 Å². The summed E-state index contributed by atoms with van der Waals surface area (Å²) in [6, 6.07) is 4.03. The molecule has 0 aliphatic carbocycles. The smallest absolute Gasteiger partial charge is 0.247 e. The van der Waals surface area contributed by atoms with Crippen molar-refractivity contribution in [2.24, 2.45) is 5.10 Å². The first-order chi connectivity index (χ1) is 9.54. The van der Waals surface area contributed by atoms with Crippen molar-refractivity contribution in [2.45, 2.75) is 6.42 Å². The Hall–Kier alpha value is -2.68. The molecule has 0 saturated carbocycles. The van der Waals surface area contributed by atoms with Gasteiger partial charge in [-0.1, -0.05) is 11.3 Å². The zero-order valence-corrected chi connectivity index (χ0v) is 11.0. The van der Waals surface area contributed by atoms with E-state index in [-0.39, 0.29) is 23.8 Å². The molecule has 1 heterocycles. The quantitative estimate of drug-likeness (QED) is 0.471. The number of carbonyl (C=O) groups excluding carboxylic acids is 1. The van der Waals surface area contributed by atoms with Gasteiger partial charge in [0.1, 0.15) is 16.5 Å². The molecule has 20 heavy (non-hydrogen) atoms. The maximum Gasteiger partial charge on any atom is 0.247 e. The van der Waals surface area contributed by atoms with Crippen LogP contribution in [0.3, 0.4) is 0 Å². The van der Waals surface area contributed by atoms with Crippen LogP contribution in [-0.2, 0) is 11.2 Å². The number of anilines is 1. The second-order valence-corrected chi connectivity index (χ2v) is 4.84. The molecule has 0 radical (unpaired) electrons. The number of phenols is 2. The zero-order chi connectivity index (χ0) is 14.5. The van der Waals surface area contributed by atoms with Crippen molar-refractivity contribution in [1.82, 2.24) is 15.6 Å². The van der Waals surface area contributed by atoms with Crippen LogP contribution in [-0.4, -0.2) is 32.5 Å². The van der Waals surface area contributed by atoms with Gasteiger partial charge in [-0.05, 0) is 12.1 Å². The molecule has 0 spiro atoms. The first-order valence-corrected chi connectivity index (χ1v) is 6.28. The molecule has 0 atom stereocenters. The first kappa shape index (κ1) is 13.7. The number of carbonyl (C=O) groups is 1. The number of phenolic OH excluding ortho intramolecular Hbond substituents is 2. The van der Waals surface area contributed by atoms with Crippen LogP contribution in [0.2, 0.25) is 0 Å². The third kappa shape index (κ3) is 3.65. The summed E-state index contributed by atoms with van der Waals surface area (Å²) in [5.74, 6) is -0.576. The summed E-state index contributed by atoms with van der Waals surface area (Å²) in [5.41, 5.74) is 8.04. The number of nitrogens with one attached hydrogen (secondary N) is 1. The van der Waals surface area contributed by atoms with Gasteiger partial charge in [0.2, 0.25) is 11.0 Å².